The van der Waals surface area contributed by atoms with Crippen LogP contribution in [0.4, 0.5) is 0 Å². The first-order valence-corrected chi connectivity index (χ1v) is 5.58. The Bertz CT molecular complexity index is 196. The van der Waals surface area contributed by atoms with Crippen molar-refractivity contribution in [3.05, 3.63) is 0 Å². The second-order valence-electron chi connectivity index (χ2n) is 4.04. The Hall–Kier alpha value is -0.660. The maximum Gasteiger partial charge on any atom is 0.146 e. The second-order valence-corrected chi connectivity index (χ2v) is 4.04. The van der Waals surface area contributed by atoms with Crippen molar-refractivity contribution in [3.8, 4) is 0 Å². The van der Waals surface area contributed by atoms with Crippen LogP contribution in [-0.4, -0.2) is 11.6 Å². The summed E-state index contributed by atoms with van der Waals surface area (Å²) in [6.07, 6.45) is 3.51. The van der Waals surface area contributed by atoms with E-state index >= 15 is 0 Å². The van der Waals surface area contributed by atoms with Crippen LogP contribution in [0.15, 0.2) is 0 Å². The number of Topliss-reactive ketones (excluding diaryl/α,β-unsaturated/α-hetero) is 2. The molecule has 0 aromatic heterocycles. The van der Waals surface area contributed by atoms with Gasteiger partial charge in [-0.2, -0.15) is 0 Å². The largest absolute Gasteiger partial charge is 0.299 e. The zero-order chi connectivity index (χ0) is 11.1. The summed E-state index contributed by atoms with van der Waals surface area (Å²) in [6.45, 7) is 7.52. The molecular weight excluding hydrogens is 176 g/mol. The average molecular weight is 198 g/mol. The SMILES string of the molecule is CCCC(C)C(=O)C(CCC)C(C)=O. The minimum absolute atomic E-state index is 0.0276. The first-order chi connectivity index (χ1) is 6.54. The number of ketones is 2. The minimum atomic E-state index is -0.346. The topological polar surface area (TPSA) is 34.1 Å². The van der Waals surface area contributed by atoms with Crippen LogP contribution in [0, 0.1) is 11.8 Å². The summed E-state index contributed by atoms with van der Waals surface area (Å²) in [6, 6.07) is 0. The number of carbonyl (C=O) groups is 2. The Balaban J connectivity index is 4.35. The lowest BCUT2D eigenvalue weighted by atomic mass is 9.86. The molecule has 0 bridgehead atoms. The van der Waals surface area contributed by atoms with Crippen molar-refractivity contribution in [3.63, 3.8) is 0 Å². The predicted octanol–water partition coefficient (Wildman–Crippen LogP) is 3.00. The summed E-state index contributed by atoms with van der Waals surface area (Å²) < 4.78 is 0. The van der Waals surface area contributed by atoms with E-state index in [0.717, 1.165) is 19.3 Å². The van der Waals surface area contributed by atoms with E-state index in [4.69, 9.17) is 0 Å². The van der Waals surface area contributed by atoms with E-state index in [1.807, 2.05) is 13.8 Å². The maximum absolute atomic E-state index is 11.8. The van der Waals surface area contributed by atoms with Crippen molar-refractivity contribution in [2.45, 2.75) is 53.4 Å². The third-order valence-electron chi connectivity index (χ3n) is 2.62. The third kappa shape index (κ3) is 4.03. The quantitative estimate of drug-likeness (QED) is 0.589. The van der Waals surface area contributed by atoms with Gasteiger partial charge in [0, 0.05) is 5.92 Å². The summed E-state index contributed by atoms with van der Waals surface area (Å²) in [5.41, 5.74) is 0. The van der Waals surface area contributed by atoms with Crippen LogP contribution in [0.5, 0.6) is 0 Å². The van der Waals surface area contributed by atoms with Crippen molar-refractivity contribution in [2.24, 2.45) is 11.8 Å². The Labute approximate surface area is 87.1 Å². The van der Waals surface area contributed by atoms with Gasteiger partial charge in [0.2, 0.25) is 0 Å². The van der Waals surface area contributed by atoms with Crippen LogP contribution in [0.2, 0.25) is 0 Å². The van der Waals surface area contributed by atoms with Crippen LogP contribution in [0.1, 0.15) is 53.4 Å². The Morgan fingerprint density at radius 3 is 1.93 bits per heavy atom. The smallest absolute Gasteiger partial charge is 0.146 e. The van der Waals surface area contributed by atoms with Crippen LogP contribution in [0.25, 0.3) is 0 Å². The molecule has 0 amide bonds. The lowest BCUT2D eigenvalue weighted by Crippen LogP contribution is -2.27. The fraction of sp³-hybridized carbons (Fsp3) is 0.833. The van der Waals surface area contributed by atoms with E-state index in [0.29, 0.717) is 6.42 Å². The summed E-state index contributed by atoms with van der Waals surface area (Å²) >= 11 is 0. The number of carbonyl (C=O) groups excluding carboxylic acids is 2. The van der Waals surface area contributed by atoms with Crippen molar-refractivity contribution >= 4 is 11.6 Å². The van der Waals surface area contributed by atoms with E-state index in [1.54, 1.807) is 0 Å². The normalized spacial score (nSPS) is 14.9. The molecule has 2 nitrogen and oxygen atoms in total. The fourth-order valence-electron chi connectivity index (χ4n) is 1.75. The zero-order valence-corrected chi connectivity index (χ0v) is 9.80. The van der Waals surface area contributed by atoms with Crippen LogP contribution >= 0.6 is 0 Å². The zero-order valence-electron chi connectivity index (χ0n) is 9.80. The second kappa shape index (κ2) is 6.74. The predicted molar refractivity (Wildman–Crippen MR) is 58.2 cm³/mol. The highest BCUT2D eigenvalue weighted by Gasteiger charge is 2.25. The summed E-state index contributed by atoms with van der Waals surface area (Å²) in [5.74, 6) is -0.136. The molecule has 0 aliphatic rings. The molecule has 2 unspecified atom stereocenters. The van der Waals surface area contributed by atoms with Gasteiger partial charge in [0.25, 0.3) is 0 Å². The van der Waals surface area contributed by atoms with Crippen molar-refractivity contribution in [1.82, 2.24) is 0 Å². The molecule has 0 saturated carbocycles. The van der Waals surface area contributed by atoms with Gasteiger partial charge in [0.1, 0.15) is 11.6 Å². The van der Waals surface area contributed by atoms with Crippen LogP contribution in [0.3, 0.4) is 0 Å². The molecule has 0 radical (unpaired) electrons. The van der Waals surface area contributed by atoms with Gasteiger partial charge in [0.15, 0.2) is 0 Å². The number of hydrogen-bond acceptors (Lipinski definition) is 2. The molecule has 0 fully saturated rings. The third-order valence-corrected chi connectivity index (χ3v) is 2.62. The van der Waals surface area contributed by atoms with Gasteiger partial charge >= 0.3 is 0 Å². The van der Waals surface area contributed by atoms with Crippen LogP contribution < -0.4 is 0 Å². The van der Waals surface area contributed by atoms with Gasteiger partial charge in [-0.25, -0.2) is 0 Å². The van der Waals surface area contributed by atoms with Gasteiger partial charge in [-0.05, 0) is 19.8 Å². The molecule has 82 valence electrons. The first kappa shape index (κ1) is 13.3. The van der Waals surface area contributed by atoms with E-state index < -0.39 is 0 Å². The van der Waals surface area contributed by atoms with Crippen LogP contribution in [-0.2, 0) is 9.59 Å². The van der Waals surface area contributed by atoms with E-state index in [2.05, 4.69) is 6.92 Å². The minimum Gasteiger partial charge on any atom is -0.299 e. The molecule has 0 saturated heterocycles. The van der Waals surface area contributed by atoms with Crippen molar-refractivity contribution < 1.29 is 9.59 Å². The molecular formula is C12H22O2. The summed E-state index contributed by atoms with van der Waals surface area (Å²) in [7, 11) is 0. The maximum atomic E-state index is 11.8. The molecule has 0 aromatic carbocycles. The lowest BCUT2D eigenvalue weighted by Gasteiger charge is -2.16. The van der Waals surface area contributed by atoms with Gasteiger partial charge in [-0.1, -0.05) is 33.6 Å². The lowest BCUT2D eigenvalue weighted by molar-refractivity contribution is -0.134. The highest BCUT2D eigenvalue weighted by atomic mass is 16.1. The summed E-state index contributed by atoms with van der Waals surface area (Å²) in [4.78, 5) is 23.1. The van der Waals surface area contributed by atoms with E-state index in [-0.39, 0.29) is 23.4 Å². The molecule has 0 heterocycles. The number of rotatable bonds is 7. The average Bonchev–Trinajstić information content (AvgIpc) is 2.13. The molecule has 0 spiro atoms. The van der Waals surface area contributed by atoms with Crippen molar-refractivity contribution in [2.75, 3.05) is 0 Å². The van der Waals surface area contributed by atoms with E-state index in [1.165, 1.54) is 6.92 Å². The molecule has 0 aromatic rings. The fourth-order valence-corrected chi connectivity index (χ4v) is 1.75. The standard InChI is InChI=1S/C12H22O2/c1-5-7-9(3)12(14)11(8-6-2)10(4)13/h9,11H,5-8H2,1-4H3. The Kier molecular flexibility index (Phi) is 6.43. The molecule has 0 aliphatic heterocycles. The molecule has 0 N–H and O–H groups in total. The molecule has 2 atom stereocenters. The molecule has 0 aliphatic carbocycles. The van der Waals surface area contributed by atoms with Crippen molar-refractivity contribution in [1.29, 1.82) is 0 Å². The highest BCUT2D eigenvalue weighted by Crippen LogP contribution is 2.17. The Morgan fingerprint density at radius 2 is 1.57 bits per heavy atom. The molecule has 14 heavy (non-hydrogen) atoms. The highest BCUT2D eigenvalue weighted by molar-refractivity contribution is 6.02. The first-order valence-electron chi connectivity index (χ1n) is 5.58. The van der Waals surface area contributed by atoms with Gasteiger partial charge < -0.3 is 0 Å². The van der Waals surface area contributed by atoms with Gasteiger partial charge in [-0.15, -0.1) is 0 Å². The summed E-state index contributed by atoms with van der Waals surface area (Å²) in [5, 5.41) is 0. The number of hydrogen-bond donors (Lipinski definition) is 0. The van der Waals surface area contributed by atoms with E-state index in [9.17, 15) is 9.59 Å². The van der Waals surface area contributed by atoms with Gasteiger partial charge in [0.05, 0.1) is 5.92 Å². The molecule has 2 heteroatoms. The molecule has 0 rings (SSSR count). The van der Waals surface area contributed by atoms with Gasteiger partial charge in [-0.3, -0.25) is 9.59 Å². The monoisotopic (exact) mass is 198 g/mol. The Morgan fingerprint density at radius 1 is 1.07 bits per heavy atom.